The van der Waals surface area contributed by atoms with E-state index in [1.165, 1.54) is 24.8 Å². The maximum absolute atomic E-state index is 13.5. The van der Waals surface area contributed by atoms with Gasteiger partial charge in [0.15, 0.2) is 0 Å². The maximum Gasteiger partial charge on any atom is 0.273 e. The number of carbonyl (C=O) groups is 1. The lowest BCUT2D eigenvalue weighted by atomic mass is 9.91. The fourth-order valence-corrected chi connectivity index (χ4v) is 5.04. The summed E-state index contributed by atoms with van der Waals surface area (Å²) < 4.78 is 0. The van der Waals surface area contributed by atoms with E-state index < -0.39 is 0 Å². The van der Waals surface area contributed by atoms with Crippen molar-refractivity contribution in [2.45, 2.75) is 51.1 Å². The van der Waals surface area contributed by atoms with Gasteiger partial charge in [-0.25, -0.2) is 0 Å². The third kappa shape index (κ3) is 3.16. The van der Waals surface area contributed by atoms with E-state index in [-0.39, 0.29) is 18.0 Å². The Bertz CT molecular complexity index is 1050. The first kappa shape index (κ1) is 18.4. The molecule has 1 N–H and O–H groups in total. The molecule has 4 nitrogen and oxygen atoms in total. The number of fused-ring (bicyclic) bond motifs is 1. The van der Waals surface area contributed by atoms with Crippen molar-refractivity contribution < 1.29 is 4.79 Å². The molecular formula is C24H24ClN3O. The van der Waals surface area contributed by atoms with Crippen molar-refractivity contribution in [2.24, 2.45) is 0 Å². The van der Waals surface area contributed by atoms with Crippen LogP contribution in [0.5, 0.6) is 0 Å². The standard InChI is InChI=1S/C24H24ClN3O/c1-15-10-12-16(13-11-15)21-20-22(27-26-21)24(29)28(19-8-3-2-4-9-19)23(20)17-6-5-7-18(25)14-17/h5-7,10-14,19,23H,2-4,8-9H2,1H3,(H,26,27). The molecule has 148 valence electrons. The summed E-state index contributed by atoms with van der Waals surface area (Å²) in [4.78, 5) is 15.6. The maximum atomic E-state index is 13.5. The first-order valence-corrected chi connectivity index (χ1v) is 10.7. The highest BCUT2D eigenvalue weighted by atomic mass is 35.5. The molecular weight excluding hydrogens is 382 g/mol. The average Bonchev–Trinajstić information content (AvgIpc) is 3.28. The van der Waals surface area contributed by atoms with Crippen LogP contribution in [0.25, 0.3) is 11.3 Å². The molecule has 1 aliphatic carbocycles. The van der Waals surface area contributed by atoms with Gasteiger partial charge in [0.2, 0.25) is 0 Å². The van der Waals surface area contributed by atoms with Gasteiger partial charge in [-0.3, -0.25) is 9.89 Å². The van der Waals surface area contributed by atoms with E-state index in [0.717, 1.165) is 35.2 Å². The van der Waals surface area contributed by atoms with E-state index in [1.54, 1.807) is 0 Å². The van der Waals surface area contributed by atoms with Gasteiger partial charge in [0.25, 0.3) is 5.91 Å². The number of nitrogens with one attached hydrogen (secondary N) is 1. The van der Waals surface area contributed by atoms with Crippen LogP contribution in [0.1, 0.15) is 65.3 Å². The topological polar surface area (TPSA) is 49.0 Å². The second-order valence-electron chi connectivity index (χ2n) is 8.19. The first-order valence-electron chi connectivity index (χ1n) is 10.4. The quantitative estimate of drug-likeness (QED) is 0.588. The molecule has 2 aliphatic rings. The number of H-pyrrole nitrogens is 1. The van der Waals surface area contributed by atoms with Crippen molar-refractivity contribution in [1.29, 1.82) is 0 Å². The molecule has 5 heteroatoms. The Kier molecular flexibility index (Phi) is 4.67. The number of carbonyl (C=O) groups excluding carboxylic acids is 1. The Morgan fingerprint density at radius 1 is 1.07 bits per heavy atom. The van der Waals surface area contributed by atoms with Gasteiger partial charge in [0, 0.05) is 22.2 Å². The van der Waals surface area contributed by atoms with Gasteiger partial charge in [0.1, 0.15) is 5.69 Å². The van der Waals surface area contributed by atoms with Crippen LogP contribution < -0.4 is 0 Å². The van der Waals surface area contributed by atoms with Crippen LogP contribution in [0.4, 0.5) is 0 Å². The molecule has 29 heavy (non-hydrogen) atoms. The minimum atomic E-state index is -0.158. The lowest BCUT2D eigenvalue weighted by Crippen LogP contribution is -2.40. The van der Waals surface area contributed by atoms with E-state index in [0.29, 0.717) is 10.7 Å². The van der Waals surface area contributed by atoms with Crippen LogP contribution in [0.2, 0.25) is 5.02 Å². The number of hydrogen-bond acceptors (Lipinski definition) is 2. The summed E-state index contributed by atoms with van der Waals surface area (Å²) in [6.07, 6.45) is 5.71. The fraction of sp³-hybridized carbons (Fsp3) is 0.333. The third-order valence-corrected chi connectivity index (χ3v) is 6.50. The third-order valence-electron chi connectivity index (χ3n) is 6.26. The number of rotatable bonds is 3. The Hall–Kier alpha value is -2.59. The van der Waals surface area contributed by atoms with Crippen molar-refractivity contribution in [3.63, 3.8) is 0 Å². The molecule has 1 aromatic heterocycles. The summed E-state index contributed by atoms with van der Waals surface area (Å²) in [7, 11) is 0. The molecule has 2 heterocycles. The fourth-order valence-electron chi connectivity index (χ4n) is 4.84. The zero-order valence-electron chi connectivity index (χ0n) is 16.5. The number of aromatic nitrogens is 2. The normalized spacial score (nSPS) is 19.6. The number of nitrogens with zero attached hydrogens (tertiary/aromatic N) is 2. The summed E-state index contributed by atoms with van der Waals surface area (Å²) in [5, 5.41) is 8.31. The van der Waals surface area contributed by atoms with E-state index in [4.69, 9.17) is 11.6 Å². The second kappa shape index (κ2) is 7.34. The van der Waals surface area contributed by atoms with Crippen molar-refractivity contribution in [2.75, 3.05) is 0 Å². The molecule has 2 aromatic carbocycles. The molecule has 1 saturated carbocycles. The van der Waals surface area contributed by atoms with E-state index in [2.05, 4.69) is 52.4 Å². The number of amides is 1. The molecule has 3 aromatic rings. The van der Waals surface area contributed by atoms with Gasteiger partial charge in [0.05, 0.1) is 11.7 Å². The number of benzene rings is 2. The molecule has 1 atom stereocenters. The predicted molar refractivity (Wildman–Crippen MR) is 115 cm³/mol. The largest absolute Gasteiger partial charge is 0.323 e. The van der Waals surface area contributed by atoms with E-state index in [9.17, 15) is 4.79 Å². The highest BCUT2D eigenvalue weighted by Crippen LogP contribution is 2.46. The highest BCUT2D eigenvalue weighted by Gasteiger charge is 2.45. The van der Waals surface area contributed by atoms with E-state index in [1.807, 2.05) is 18.2 Å². The Morgan fingerprint density at radius 3 is 2.55 bits per heavy atom. The van der Waals surface area contributed by atoms with Crippen LogP contribution in [0, 0.1) is 6.92 Å². The molecule has 0 spiro atoms. The van der Waals surface area contributed by atoms with Gasteiger partial charge >= 0.3 is 0 Å². The average molecular weight is 406 g/mol. The summed E-state index contributed by atoms with van der Waals surface area (Å²) in [5.74, 6) is 0.0581. The van der Waals surface area contributed by atoms with Gasteiger partial charge in [-0.2, -0.15) is 5.10 Å². The number of aryl methyl sites for hydroxylation is 1. The molecule has 1 fully saturated rings. The van der Waals surface area contributed by atoms with Crippen molar-refractivity contribution >= 4 is 17.5 Å². The second-order valence-corrected chi connectivity index (χ2v) is 8.63. The monoisotopic (exact) mass is 405 g/mol. The first-order chi connectivity index (χ1) is 14.1. The van der Waals surface area contributed by atoms with Gasteiger partial charge in [-0.15, -0.1) is 0 Å². The lowest BCUT2D eigenvalue weighted by Gasteiger charge is -2.36. The number of halogens is 1. The molecule has 0 saturated heterocycles. The molecule has 0 radical (unpaired) electrons. The molecule has 1 amide bonds. The van der Waals surface area contributed by atoms with Crippen molar-refractivity contribution in [1.82, 2.24) is 15.1 Å². The Labute approximate surface area is 175 Å². The van der Waals surface area contributed by atoms with Crippen LogP contribution in [-0.2, 0) is 0 Å². The zero-order valence-corrected chi connectivity index (χ0v) is 17.2. The van der Waals surface area contributed by atoms with Crippen molar-refractivity contribution in [3.05, 3.63) is 75.9 Å². The van der Waals surface area contributed by atoms with Crippen LogP contribution in [0.15, 0.2) is 48.5 Å². The van der Waals surface area contributed by atoms with Gasteiger partial charge in [-0.05, 0) is 37.5 Å². The minimum absolute atomic E-state index is 0.0581. The molecule has 1 aliphatic heterocycles. The lowest BCUT2D eigenvalue weighted by molar-refractivity contribution is 0.0606. The Morgan fingerprint density at radius 2 is 1.83 bits per heavy atom. The smallest absolute Gasteiger partial charge is 0.273 e. The van der Waals surface area contributed by atoms with Gasteiger partial charge in [-0.1, -0.05) is 72.8 Å². The predicted octanol–water partition coefficient (Wildman–Crippen LogP) is 5.92. The Balaban J connectivity index is 1.67. The highest BCUT2D eigenvalue weighted by molar-refractivity contribution is 6.30. The van der Waals surface area contributed by atoms with Crippen LogP contribution in [-0.4, -0.2) is 27.0 Å². The van der Waals surface area contributed by atoms with E-state index >= 15 is 0 Å². The summed E-state index contributed by atoms with van der Waals surface area (Å²) in [5.41, 5.74) is 5.73. The number of hydrogen-bond donors (Lipinski definition) is 1. The summed E-state index contributed by atoms with van der Waals surface area (Å²) in [6, 6.07) is 16.3. The molecule has 0 bridgehead atoms. The zero-order chi connectivity index (χ0) is 20.0. The molecule has 5 rings (SSSR count). The molecule has 1 unspecified atom stereocenters. The number of aromatic amines is 1. The summed E-state index contributed by atoms with van der Waals surface area (Å²) in [6.45, 7) is 2.07. The van der Waals surface area contributed by atoms with Crippen molar-refractivity contribution in [3.8, 4) is 11.3 Å². The SMILES string of the molecule is Cc1ccc(-c2n[nH]c3c2C(c2cccc(Cl)c2)N(C2CCCCC2)C3=O)cc1. The summed E-state index contributed by atoms with van der Waals surface area (Å²) >= 11 is 6.34. The van der Waals surface area contributed by atoms with Crippen LogP contribution >= 0.6 is 11.6 Å². The van der Waals surface area contributed by atoms with Crippen LogP contribution in [0.3, 0.4) is 0 Å². The minimum Gasteiger partial charge on any atom is -0.323 e. The van der Waals surface area contributed by atoms with Gasteiger partial charge < -0.3 is 4.90 Å².